The molecule has 1 atom stereocenters. The fourth-order valence-electron chi connectivity index (χ4n) is 5.31. The number of nitrogens with one attached hydrogen (secondary N) is 1. The minimum absolute atomic E-state index is 0.0273. The van der Waals surface area contributed by atoms with Gasteiger partial charge in [0.1, 0.15) is 11.9 Å². The first kappa shape index (κ1) is 25.4. The minimum Gasteiger partial charge on any atom is -0.377 e. The highest BCUT2D eigenvalue weighted by Gasteiger charge is 2.41. The topological polar surface area (TPSA) is 83.3 Å². The summed E-state index contributed by atoms with van der Waals surface area (Å²) in [5.74, 6) is -0.159. The van der Waals surface area contributed by atoms with Gasteiger partial charge in [-0.3, -0.25) is 4.79 Å². The van der Waals surface area contributed by atoms with E-state index in [4.69, 9.17) is 0 Å². The molecule has 0 unspecified atom stereocenters. The third kappa shape index (κ3) is 4.42. The van der Waals surface area contributed by atoms with E-state index in [9.17, 15) is 23.1 Å². The second-order valence-electron chi connectivity index (χ2n) is 10.4. The lowest BCUT2D eigenvalue weighted by Gasteiger charge is -2.39. The maximum atomic E-state index is 14.1. The lowest BCUT2D eigenvalue weighted by atomic mass is 9.78. The van der Waals surface area contributed by atoms with Crippen LogP contribution in [-0.2, 0) is 31.9 Å². The number of hydrogen-bond acceptors (Lipinski definition) is 5. The van der Waals surface area contributed by atoms with Crippen LogP contribution in [0.2, 0.25) is 0 Å². The highest BCUT2D eigenvalue weighted by Crippen LogP contribution is 2.41. The van der Waals surface area contributed by atoms with Gasteiger partial charge in [-0.15, -0.1) is 10.2 Å². The molecule has 2 aliphatic rings. The quantitative estimate of drug-likeness (QED) is 0.480. The zero-order chi connectivity index (χ0) is 26.6. The Hall–Kier alpha value is -3.24. The minimum atomic E-state index is -4.59. The van der Waals surface area contributed by atoms with Crippen LogP contribution >= 0.6 is 0 Å². The van der Waals surface area contributed by atoms with Gasteiger partial charge < -0.3 is 19.9 Å². The van der Waals surface area contributed by atoms with Crippen molar-refractivity contribution in [3.63, 3.8) is 0 Å². The number of amides is 1. The van der Waals surface area contributed by atoms with Crippen LogP contribution in [0.3, 0.4) is 0 Å². The molecule has 2 aromatic carbocycles. The first-order valence-corrected chi connectivity index (χ1v) is 12.4. The standard InChI is InChI=1S/C27H30F3N5O2/c1-4-26(37,24-33-32-16-34(24)3)18-7-5-8-19(13-18)35-15-21-20(23(35)36)11-17(12-22(21)27(28,29)30)14-31-25(2)9-6-10-25/h5,7-8,11-13,16,31,37H,4,6,9-10,14-15H2,1-3H3/t26-/m0/s1. The van der Waals surface area contributed by atoms with Crippen molar-refractivity contribution in [3.8, 4) is 0 Å². The Morgan fingerprint density at radius 3 is 2.54 bits per heavy atom. The van der Waals surface area contributed by atoms with Crippen LogP contribution in [0, 0.1) is 0 Å². The molecule has 1 aliphatic heterocycles. The fraction of sp³-hybridized carbons (Fsp3) is 0.444. The van der Waals surface area contributed by atoms with Crippen LogP contribution in [0.4, 0.5) is 18.9 Å². The number of rotatable bonds is 7. The van der Waals surface area contributed by atoms with Gasteiger partial charge in [0.25, 0.3) is 5.91 Å². The van der Waals surface area contributed by atoms with Crippen molar-refractivity contribution >= 4 is 11.6 Å². The second kappa shape index (κ2) is 8.95. The molecule has 3 aromatic rings. The maximum Gasteiger partial charge on any atom is 0.416 e. The van der Waals surface area contributed by atoms with Crippen molar-refractivity contribution in [2.24, 2.45) is 7.05 Å². The number of carbonyl (C=O) groups excluding carboxylic acids is 1. The first-order valence-electron chi connectivity index (χ1n) is 12.4. The van der Waals surface area contributed by atoms with Gasteiger partial charge in [-0.05, 0) is 73.6 Å². The van der Waals surface area contributed by atoms with Crippen LogP contribution in [0.15, 0.2) is 42.7 Å². The Morgan fingerprint density at radius 1 is 1.19 bits per heavy atom. The van der Waals surface area contributed by atoms with Crippen LogP contribution in [0.25, 0.3) is 0 Å². The van der Waals surface area contributed by atoms with E-state index in [1.807, 2.05) is 0 Å². The lowest BCUT2D eigenvalue weighted by molar-refractivity contribution is -0.138. The smallest absolute Gasteiger partial charge is 0.377 e. The molecule has 0 saturated heterocycles. The Morgan fingerprint density at radius 2 is 1.95 bits per heavy atom. The summed E-state index contributed by atoms with van der Waals surface area (Å²) in [4.78, 5) is 14.8. The van der Waals surface area contributed by atoms with E-state index < -0.39 is 23.2 Å². The molecule has 0 spiro atoms. The number of halogens is 3. The highest BCUT2D eigenvalue weighted by molar-refractivity contribution is 6.10. The summed E-state index contributed by atoms with van der Waals surface area (Å²) in [5, 5.41) is 22.8. The average molecular weight is 514 g/mol. The zero-order valence-electron chi connectivity index (χ0n) is 21.1. The number of aromatic nitrogens is 3. The van der Waals surface area contributed by atoms with Gasteiger partial charge >= 0.3 is 6.18 Å². The van der Waals surface area contributed by atoms with E-state index in [-0.39, 0.29) is 36.2 Å². The fourth-order valence-corrected chi connectivity index (χ4v) is 5.31. The van der Waals surface area contributed by atoms with Gasteiger partial charge in [0.15, 0.2) is 5.82 Å². The molecule has 0 radical (unpaired) electrons. The van der Waals surface area contributed by atoms with Crippen LogP contribution < -0.4 is 10.2 Å². The van der Waals surface area contributed by atoms with E-state index >= 15 is 0 Å². The van der Waals surface area contributed by atoms with Crippen LogP contribution in [-0.4, -0.2) is 31.3 Å². The number of aryl methyl sites for hydroxylation is 1. The number of anilines is 1. The van der Waals surface area contributed by atoms with Crippen molar-refractivity contribution in [1.82, 2.24) is 20.1 Å². The molecule has 10 heteroatoms. The van der Waals surface area contributed by atoms with Gasteiger partial charge in [-0.2, -0.15) is 13.2 Å². The summed E-state index contributed by atoms with van der Waals surface area (Å²) in [6.45, 7) is 3.92. The summed E-state index contributed by atoms with van der Waals surface area (Å²) in [6.07, 6.45) is 0.225. The van der Waals surface area contributed by atoms with Crippen molar-refractivity contribution in [3.05, 3.63) is 76.4 Å². The molecular formula is C27H30F3N5O2. The van der Waals surface area contributed by atoms with E-state index in [0.29, 0.717) is 22.6 Å². The molecule has 1 amide bonds. The third-order valence-electron chi connectivity index (χ3n) is 7.81. The predicted molar refractivity (Wildman–Crippen MR) is 132 cm³/mol. The van der Waals surface area contributed by atoms with Gasteiger partial charge in [-0.1, -0.05) is 19.1 Å². The van der Waals surface area contributed by atoms with E-state index in [1.165, 1.54) is 11.2 Å². The molecule has 1 aromatic heterocycles. The molecule has 37 heavy (non-hydrogen) atoms. The summed E-state index contributed by atoms with van der Waals surface area (Å²) < 4.78 is 43.9. The normalized spacial score (nSPS) is 18.5. The monoisotopic (exact) mass is 513 g/mol. The molecule has 1 aliphatic carbocycles. The number of alkyl halides is 3. The number of benzene rings is 2. The number of hydrogen-bond donors (Lipinski definition) is 2. The Labute approximate surface area is 213 Å². The Kier molecular flexibility index (Phi) is 6.15. The summed E-state index contributed by atoms with van der Waals surface area (Å²) in [5.41, 5.74) is -0.987. The van der Waals surface area contributed by atoms with Crippen LogP contribution in [0.1, 0.15) is 78.0 Å². The van der Waals surface area contributed by atoms with Crippen LogP contribution in [0.5, 0.6) is 0 Å². The zero-order valence-corrected chi connectivity index (χ0v) is 21.1. The molecule has 0 bridgehead atoms. The summed E-state index contributed by atoms with van der Waals surface area (Å²) >= 11 is 0. The second-order valence-corrected chi connectivity index (χ2v) is 10.4. The summed E-state index contributed by atoms with van der Waals surface area (Å²) in [6, 6.07) is 9.42. The Bertz CT molecular complexity index is 1350. The number of aliphatic hydroxyl groups is 1. The number of fused-ring (bicyclic) bond motifs is 1. The van der Waals surface area contributed by atoms with Gasteiger partial charge in [-0.25, -0.2) is 0 Å². The van der Waals surface area contributed by atoms with Crippen molar-refractivity contribution in [2.75, 3.05) is 4.90 Å². The predicted octanol–water partition coefficient (Wildman–Crippen LogP) is 4.67. The third-order valence-corrected chi connectivity index (χ3v) is 7.81. The first-order chi connectivity index (χ1) is 17.4. The van der Waals surface area contributed by atoms with Gasteiger partial charge in [0, 0.05) is 30.4 Å². The molecule has 5 rings (SSSR count). The van der Waals surface area contributed by atoms with E-state index in [0.717, 1.165) is 25.3 Å². The molecule has 2 heterocycles. The maximum absolute atomic E-state index is 14.1. The number of nitrogens with zero attached hydrogens (tertiary/aromatic N) is 4. The summed E-state index contributed by atoms with van der Waals surface area (Å²) in [7, 11) is 1.72. The highest BCUT2D eigenvalue weighted by atomic mass is 19.4. The van der Waals surface area contributed by atoms with Gasteiger partial charge in [0.05, 0.1) is 12.1 Å². The Balaban J connectivity index is 1.50. The molecule has 2 N–H and O–H groups in total. The van der Waals surface area contributed by atoms with Crippen molar-refractivity contribution in [2.45, 2.75) is 69.9 Å². The largest absolute Gasteiger partial charge is 0.416 e. The van der Waals surface area contributed by atoms with E-state index in [1.54, 1.807) is 48.9 Å². The molecule has 196 valence electrons. The molecular weight excluding hydrogens is 483 g/mol. The van der Waals surface area contributed by atoms with Crippen molar-refractivity contribution < 1.29 is 23.1 Å². The van der Waals surface area contributed by atoms with Crippen molar-refractivity contribution in [1.29, 1.82) is 0 Å². The van der Waals surface area contributed by atoms with E-state index in [2.05, 4.69) is 22.4 Å². The average Bonchev–Trinajstić information content (AvgIpc) is 3.43. The molecule has 7 nitrogen and oxygen atoms in total. The SMILES string of the molecule is CC[C@](O)(c1cccc(N2Cc3c(cc(CNC4(C)CCC4)cc3C(F)(F)F)C2=O)c1)c1nncn1C. The molecule has 1 saturated carbocycles. The number of carbonyl (C=O) groups is 1. The molecule has 1 fully saturated rings. The lowest BCUT2D eigenvalue weighted by Crippen LogP contribution is -2.47. The van der Waals surface area contributed by atoms with Gasteiger partial charge in [0.2, 0.25) is 0 Å².